The maximum absolute atomic E-state index is 6.09. The van der Waals surface area contributed by atoms with Gasteiger partial charge in [0.2, 0.25) is 0 Å². The largest absolute Gasteiger partial charge is 0.381 e. The van der Waals surface area contributed by atoms with Crippen LogP contribution in [0.3, 0.4) is 0 Å². The van der Waals surface area contributed by atoms with E-state index in [0.29, 0.717) is 72.1 Å². The molecule has 4 unspecified atom stereocenters. The minimum absolute atomic E-state index is 0.307. The Morgan fingerprint density at radius 1 is 0.308 bits per heavy atom. The quantitative estimate of drug-likeness (QED) is 0.397. The van der Waals surface area contributed by atoms with Crippen molar-refractivity contribution in [1.82, 2.24) is 0 Å². The summed E-state index contributed by atoms with van der Waals surface area (Å²) in [6.45, 7) is 0. The standard InChI is InChI=1S/C30H54O6S3/c1-31-25-7-20-14-38-16-22-10-30(36-6)24(12-29(22)35-5)18-39-17-23-11-27(33-3)21(9-28(23)34-4)15-37-13-19(25)8-26(20)32-2/h19-30H,7-18H2,1-6H3/t19-,20-,21-,22-,23-,24-,25-,26?,27?,28?,29?,30-/m1/s1. The Bertz CT molecular complexity index is 559. The monoisotopic (exact) mass is 606 g/mol. The number of methoxy groups -OCH3 is 6. The Labute approximate surface area is 250 Å². The number of rotatable bonds is 6. The fourth-order valence-electron chi connectivity index (χ4n) is 7.75. The Balaban J connectivity index is 1.52. The SMILES string of the molecule is COC1C[C@@H]2CSC[C@H]3CC(OC)[C@@H](CSC[C@H]4C[C@@H](OC)[C@@H](CSC[C@H]1CC2OC)CC4OC)C[C@H]3OC. The van der Waals surface area contributed by atoms with E-state index in [4.69, 9.17) is 28.4 Å². The van der Waals surface area contributed by atoms with Gasteiger partial charge in [-0.15, -0.1) is 0 Å². The number of hydrogen-bond donors (Lipinski definition) is 0. The maximum Gasteiger partial charge on any atom is 0.0612 e. The Morgan fingerprint density at radius 3 is 0.590 bits per heavy atom. The highest BCUT2D eigenvalue weighted by atomic mass is 32.2. The van der Waals surface area contributed by atoms with Crippen LogP contribution in [0.5, 0.6) is 0 Å². The third-order valence-electron chi connectivity index (χ3n) is 10.2. The fourth-order valence-corrected chi connectivity index (χ4v) is 12.1. The molecule has 228 valence electrons. The fraction of sp³-hybridized carbons (Fsp3) is 1.00. The Morgan fingerprint density at radius 2 is 0.462 bits per heavy atom. The zero-order chi connectivity index (χ0) is 27.8. The van der Waals surface area contributed by atoms with Crippen molar-refractivity contribution in [2.24, 2.45) is 35.5 Å². The molecular weight excluding hydrogens is 553 g/mol. The lowest BCUT2D eigenvalue weighted by atomic mass is 9.79. The first-order valence-corrected chi connectivity index (χ1v) is 18.4. The summed E-state index contributed by atoms with van der Waals surface area (Å²) in [5.74, 6) is 9.93. The third-order valence-corrected chi connectivity index (χ3v) is 14.2. The average Bonchev–Trinajstić information content (AvgIpc) is 2.97. The summed E-state index contributed by atoms with van der Waals surface area (Å²) in [5.41, 5.74) is 0. The van der Waals surface area contributed by atoms with Crippen LogP contribution in [0, 0.1) is 35.5 Å². The average molecular weight is 607 g/mol. The van der Waals surface area contributed by atoms with Gasteiger partial charge in [-0.3, -0.25) is 0 Å². The van der Waals surface area contributed by atoms with Gasteiger partial charge in [0.15, 0.2) is 0 Å². The number of thioether (sulfide) groups is 3. The molecule has 9 rings (SSSR count). The molecule has 0 spiro atoms. The van der Waals surface area contributed by atoms with Gasteiger partial charge in [-0.25, -0.2) is 0 Å². The summed E-state index contributed by atoms with van der Waals surface area (Å²) in [6.07, 6.45) is 8.36. The zero-order valence-corrected chi connectivity index (χ0v) is 27.5. The first-order valence-electron chi connectivity index (χ1n) is 14.9. The van der Waals surface area contributed by atoms with Crippen LogP contribution in [-0.2, 0) is 28.4 Å². The van der Waals surface area contributed by atoms with E-state index in [9.17, 15) is 0 Å². The van der Waals surface area contributed by atoms with Gasteiger partial charge in [-0.1, -0.05) is 0 Å². The zero-order valence-electron chi connectivity index (χ0n) is 25.1. The third kappa shape index (κ3) is 8.47. The van der Waals surface area contributed by atoms with Gasteiger partial charge in [0.25, 0.3) is 0 Å². The van der Waals surface area contributed by atoms with E-state index in [-0.39, 0.29) is 0 Å². The van der Waals surface area contributed by atoms with Crippen LogP contribution in [0.15, 0.2) is 0 Å². The van der Waals surface area contributed by atoms with Crippen LogP contribution < -0.4 is 0 Å². The predicted octanol–water partition coefficient (Wildman–Crippen LogP) is 5.37. The van der Waals surface area contributed by atoms with Crippen LogP contribution in [0.4, 0.5) is 0 Å². The molecule has 0 aromatic heterocycles. The molecule has 9 aliphatic rings. The van der Waals surface area contributed by atoms with Crippen LogP contribution >= 0.6 is 35.3 Å². The molecule has 9 fully saturated rings. The molecule has 0 aromatic carbocycles. The van der Waals surface area contributed by atoms with Crippen molar-refractivity contribution in [3.8, 4) is 0 Å². The summed E-state index contributed by atoms with van der Waals surface area (Å²) < 4.78 is 36.5. The van der Waals surface area contributed by atoms with Gasteiger partial charge in [0.05, 0.1) is 36.6 Å². The van der Waals surface area contributed by atoms with Crippen molar-refractivity contribution < 1.29 is 28.4 Å². The highest BCUT2D eigenvalue weighted by Crippen LogP contribution is 2.42. The van der Waals surface area contributed by atoms with Gasteiger partial charge in [0.1, 0.15) is 0 Å². The summed E-state index contributed by atoms with van der Waals surface area (Å²) >= 11 is 6.26. The van der Waals surface area contributed by atoms with Crippen molar-refractivity contribution in [2.45, 2.75) is 75.1 Å². The summed E-state index contributed by atoms with van der Waals surface area (Å²) in [5, 5.41) is 0. The Kier molecular flexibility index (Phi) is 13.9. The summed E-state index contributed by atoms with van der Waals surface area (Å²) in [7, 11) is 11.4. The molecular formula is C30H54O6S3. The normalized spacial score (nSPS) is 44.8. The molecule has 9 heteroatoms. The molecule has 3 saturated carbocycles. The molecule has 6 nitrogen and oxygen atoms in total. The molecule has 12 atom stereocenters. The molecule has 0 N–H and O–H groups in total. The molecule has 39 heavy (non-hydrogen) atoms. The molecule has 6 heterocycles. The predicted molar refractivity (Wildman–Crippen MR) is 165 cm³/mol. The van der Waals surface area contributed by atoms with Crippen molar-refractivity contribution in [1.29, 1.82) is 0 Å². The van der Waals surface area contributed by atoms with Crippen LogP contribution in [-0.4, -0.2) is 114 Å². The second-order valence-electron chi connectivity index (χ2n) is 12.2. The second-order valence-corrected chi connectivity index (χ2v) is 15.5. The number of ether oxygens (including phenoxy) is 6. The van der Waals surface area contributed by atoms with Gasteiger partial charge in [-0.05, 0) is 109 Å². The van der Waals surface area contributed by atoms with E-state index in [1.807, 2.05) is 42.7 Å². The lowest BCUT2D eigenvalue weighted by molar-refractivity contribution is -0.0563. The first kappa shape index (κ1) is 32.7. The Hall–Kier alpha value is 0.810. The second kappa shape index (κ2) is 16.6. The van der Waals surface area contributed by atoms with E-state index in [1.54, 1.807) is 0 Å². The highest BCUT2D eigenvalue weighted by Gasteiger charge is 2.42. The molecule has 6 saturated heterocycles. The highest BCUT2D eigenvalue weighted by molar-refractivity contribution is 7.99. The van der Waals surface area contributed by atoms with Crippen LogP contribution in [0.2, 0.25) is 0 Å². The maximum atomic E-state index is 6.09. The first-order chi connectivity index (χ1) is 19.0. The molecule has 6 aliphatic heterocycles. The molecule has 3 aliphatic carbocycles. The van der Waals surface area contributed by atoms with Crippen molar-refractivity contribution in [3.63, 3.8) is 0 Å². The van der Waals surface area contributed by atoms with Gasteiger partial charge >= 0.3 is 0 Å². The molecule has 6 bridgehead atoms. The topological polar surface area (TPSA) is 55.4 Å². The summed E-state index contributed by atoms with van der Waals surface area (Å²) in [6, 6.07) is 0. The van der Waals surface area contributed by atoms with E-state index < -0.39 is 0 Å². The van der Waals surface area contributed by atoms with Crippen LogP contribution in [0.1, 0.15) is 38.5 Å². The minimum atomic E-state index is 0.307. The smallest absolute Gasteiger partial charge is 0.0612 e. The molecule has 0 aromatic rings. The molecule has 0 amide bonds. The van der Waals surface area contributed by atoms with E-state index in [0.717, 1.165) is 73.0 Å². The lowest BCUT2D eigenvalue weighted by Gasteiger charge is -2.41. The van der Waals surface area contributed by atoms with Crippen LogP contribution in [0.25, 0.3) is 0 Å². The van der Waals surface area contributed by atoms with E-state index in [1.165, 1.54) is 0 Å². The van der Waals surface area contributed by atoms with Gasteiger partial charge in [0, 0.05) is 42.7 Å². The lowest BCUT2D eigenvalue weighted by Crippen LogP contribution is -2.43. The van der Waals surface area contributed by atoms with Crippen molar-refractivity contribution in [2.75, 3.05) is 77.2 Å². The van der Waals surface area contributed by atoms with E-state index in [2.05, 4.69) is 35.3 Å². The molecule has 0 radical (unpaired) electrons. The number of hydrogen-bond acceptors (Lipinski definition) is 9. The van der Waals surface area contributed by atoms with Gasteiger partial charge < -0.3 is 28.4 Å². The van der Waals surface area contributed by atoms with Crippen molar-refractivity contribution in [3.05, 3.63) is 0 Å². The minimum Gasteiger partial charge on any atom is -0.381 e. The van der Waals surface area contributed by atoms with E-state index >= 15 is 0 Å². The van der Waals surface area contributed by atoms with Gasteiger partial charge in [-0.2, -0.15) is 35.3 Å². The van der Waals surface area contributed by atoms with Crippen molar-refractivity contribution >= 4 is 35.3 Å². The summed E-state index contributed by atoms with van der Waals surface area (Å²) in [4.78, 5) is 0.